The predicted octanol–water partition coefficient (Wildman–Crippen LogP) is 3.15. The first-order valence-corrected chi connectivity index (χ1v) is 7.29. The number of hydrogen-bond donors (Lipinski definition) is 1. The van der Waals surface area contributed by atoms with E-state index < -0.39 is 11.7 Å². The van der Waals surface area contributed by atoms with Gasteiger partial charge in [-0.2, -0.15) is 5.26 Å². The van der Waals surface area contributed by atoms with Gasteiger partial charge in [-0.25, -0.2) is 4.79 Å². The summed E-state index contributed by atoms with van der Waals surface area (Å²) in [6.07, 6.45) is -0.235. The molecule has 1 amide bonds. The van der Waals surface area contributed by atoms with Gasteiger partial charge in [-0.05, 0) is 32.9 Å². The van der Waals surface area contributed by atoms with Gasteiger partial charge in [0.05, 0.1) is 23.9 Å². The van der Waals surface area contributed by atoms with Crippen LogP contribution in [0.2, 0.25) is 0 Å². The molecular formula is C16H21N3O3. The Morgan fingerprint density at radius 3 is 2.95 bits per heavy atom. The first-order chi connectivity index (χ1) is 10.4. The van der Waals surface area contributed by atoms with E-state index in [-0.39, 0.29) is 13.0 Å². The van der Waals surface area contributed by atoms with E-state index in [1.807, 2.05) is 32.9 Å². The Balaban J connectivity index is 2.25. The number of nitrogens with one attached hydrogen (secondary N) is 1. The summed E-state index contributed by atoms with van der Waals surface area (Å²) in [6.45, 7) is 7.06. The van der Waals surface area contributed by atoms with Crippen LogP contribution in [0, 0.1) is 11.3 Å². The van der Waals surface area contributed by atoms with E-state index in [1.54, 1.807) is 6.07 Å². The maximum atomic E-state index is 12.4. The zero-order valence-corrected chi connectivity index (χ0v) is 13.2. The normalized spacial score (nSPS) is 13.2. The molecule has 0 saturated carbocycles. The molecule has 0 spiro atoms. The molecule has 0 bridgehead atoms. The molecule has 0 aliphatic carbocycles. The zero-order chi connectivity index (χ0) is 16.2. The van der Waals surface area contributed by atoms with E-state index in [2.05, 4.69) is 11.4 Å². The molecule has 1 aromatic carbocycles. The fraction of sp³-hybridized carbons (Fsp3) is 0.500. The number of rotatable bonds is 3. The molecule has 118 valence electrons. The molecule has 0 fully saturated rings. The second-order valence-electron chi connectivity index (χ2n) is 6.00. The van der Waals surface area contributed by atoms with Gasteiger partial charge < -0.3 is 14.8 Å². The topological polar surface area (TPSA) is 74.6 Å². The lowest BCUT2D eigenvalue weighted by molar-refractivity contribution is 0.0581. The second-order valence-corrected chi connectivity index (χ2v) is 6.00. The van der Waals surface area contributed by atoms with Crippen molar-refractivity contribution in [3.05, 3.63) is 18.2 Å². The first kappa shape index (κ1) is 16.0. The Hall–Kier alpha value is -2.42. The van der Waals surface area contributed by atoms with E-state index >= 15 is 0 Å². The maximum Gasteiger partial charge on any atom is 0.414 e. The third kappa shape index (κ3) is 4.04. The molecule has 22 heavy (non-hydrogen) atoms. The lowest BCUT2D eigenvalue weighted by atomic mass is 10.2. The molecule has 1 heterocycles. The third-order valence-electron chi connectivity index (χ3n) is 3.01. The standard InChI is InChI=1S/C16H21N3O3/c1-16(2,3)22-15(20)19(9-4-7-17)12-5-6-13-14(11-12)21-10-8-18-13/h5-6,11,18H,4,8-10H2,1-3H3. The molecule has 1 aromatic rings. The summed E-state index contributed by atoms with van der Waals surface area (Å²) < 4.78 is 11.0. The Kier molecular flexibility index (Phi) is 4.76. The van der Waals surface area contributed by atoms with E-state index in [1.165, 1.54) is 4.90 Å². The highest BCUT2D eigenvalue weighted by Crippen LogP contribution is 2.32. The monoisotopic (exact) mass is 303 g/mol. The van der Waals surface area contributed by atoms with Gasteiger partial charge in [0, 0.05) is 19.2 Å². The van der Waals surface area contributed by atoms with Crippen LogP contribution in [0.25, 0.3) is 0 Å². The average molecular weight is 303 g/mol. The number of fused-ring (bicyclic) bond motifs is 1. The van der Waals surface area contributed by atoms with Gasteiger partial charge in [0.25, 0.3) is 0 Å². The number of carbonyl (C=O) groups is 1. The van der Waals surface area contributed by atoms with Crippen molar-refractivity contribution >= 4 is 17.5 Å². The minimum Gasteiger partial charge on any atom is -0.490 e. The van der Waals surface area contributed by atoms with E-state index in [9.17, 15) is 4.79 Å². The summed E-state index contributed by atoms with van der Waals surface area (Å²) >= 11 is 0. The summed E-state index contributed by atoms with van der Waals surface area (Å²) in [5.41, 5.74) is 0.972. The first-order valence-electron chi connectivity index (χ1n) is 7.29. The summed E-state index contributed by atoms with van der Waals surface area (Å²) in [4.78, 5) is 13.8. The smallest absolute Gasteiger partial charge is 0.414 e. The number of hydrogen-bond acceptors (Lipinski definition) is 5. The zero-order valence-electron chi connectivity index (χ0n) is 13.2. The highest BCUT2D eigenvalue weighted by molar-refractivity contribution is 5.89. The molecule has 0 radical (unpaired) electrons. The fourth-order valence-corrected chi connectivity index (χ4v) is 2.10. The lowest BCUT2D eigenvalue weighted by Gasteiger charge is -2.28. The van der Waals surface area contributed by atoms with Gasteiger partial charge in [-0.3, -0.25) is 4.90 Å². The van der Waals surface area contributed by atoms with Crippen LogP contribution >= 0.6 is 0 Å². The number of anilines is 2. The predicted molar refractivity (Wildman–Crippen MR) is 84.2 cm³/mol. The largest absolute Gasteiger partial charge is 0.490 e. The highest BCUT2D eigenvalue weighted by Gasteiger charge is 2.24. The van der Waals surface area contributed by atoms with Crippen molar-refractivity contribution < 1.29 is 14.3 Å². The van der Waals surface area contributed by atoms with Gasteiger partial charge in [-0.1, -0.05) is 0 Å². The van der Waals surface area contributed by atoms with Crippen molar-refractivity contribution in [2.24, 2.45) is 0 Å². The molecule has 6 nitrogen and oxygen atoms in total. The molecule has 1 aliphatic heterocycles. The Morgan fingerprint density at radius 1 is 1.50 bits per heavy atom. The van der Waals surface area contributed by atoms with Crippen LogP contribution in [-0.4, -0.2) is 31.4 Å². The molecule has 0 atom stereocenters. The van der Waals surface area contributed by atoms with Crippen molar-refractivity contribution in [2.75, 3.05) is 29.9 Å². The van der Waals surface area contributed by atoms with E-state index in [4.69, 9.17) is 14.7 Å². The van der Waals surface area contributed by atoms with Crippen LogP contribution in [0.15, 0.2) is 18.2 Å². The Morgan fingerprint density at radius 2 is 2.27 bits per heavy atom. The highest BCUT2D eigenvalue weighted by atomic mass is 16.6. The number of carbonyl (C=O) groups excluding carboxylic acids is 1. The van der Waals surface area contributed by atoms with Crippen LogP contribution in [-0.2, 0) is 4.74 Å². The number of nitrogens with zero attached hydrogens (tertiary/aromatic N) is 2. The van der Waals surface area contributed by atoms with Crippen LogP contribution in [0.5, 0.6) is 5.75 Å². The summed E-state index contributed by atoms with van der Waals surface area (Å²) in [7, 11) is 0. The molecule has 2 rings (SSSR count). The molecule has 1 N–H and O–H groups in total. The van der Waals surface area contributed by atoms with Crippen molar-refractivity contribution in [1.29, 1.82) is 5.26 Å². The Labute approximate surface area is 130 Å². The van der Waals surface area contributed by atoms with Crippen molar-refractivity contribution in [3.63, 3.8) is 0 Å². The van der Waals surface area contributed by atoms with Crippen LogP contribution < -0.4 is 15.0 Å². The summed E-state index contributed by atoms with van der Waals surface area (Å²) in [5.74, 6) is 0.703. The average Bonchev–Trinajstić information content (AvgIpc) is 2.45. The van der Waals surface area contributed by atoms with Gasteiger partial charge in [-0.15, -0.1) is 0 Å². The SMILES string of the molecule is CC(C)(C)OC(=O)N(CCC#N)c1ccc2c(c1)OCCN2. The number of nitriles is 1. The molecule has 0 saturated heterocycles. The quantitative estimate of drug-likeness (QED) is 0.928. The summed E-state index contributed by atoms with van der Waals surface area (Å²) in [6, 6.07) is 7.54. The molecule has 0 unspecified atom stereocenters. The number of amides is 1. The lowest BCUT2D eigenvalue weighted by Crippen LogP contribution is -2.37. The van der Waals surface area contributed by atoms with Gasteiger partial charge in [0.15, 0.2) is 0 Å². The van der Waals surface area contributed by atoms with Crippen LogP contribution in [0.3, 0.4) is 0 Å². The number of benzene rings is 1. The molecule has 1 aliphatic rings. The summed E-state index contributed by atoms with van der Waals surface area (Å²) in [5, 5.41) is 12.0. The van der Waals surface area contributed by atoms with E-state index in [0.29, 0.717) is 18.0 Å². The van der Waals surface area contributed by atoms with Crippen molar-refractivity contribution in [2.45, 2.75) is 32.8 Å². The van der Waals surface area contributed by atoms with Crippen molar-refractivity contribution in [1.82, 2.24) is 0 Å². The van der Waals surface area contributed by atoms with Crippen LogP contribution in [0.4, 0.5) is 16.2 Å². The maximum absolute atomic E-state index is 12.4. The van der Waals surface area contributed by atoms with Crippen LogP contribution in [0.1, 0.15) is 27.2 Å². The van der Waals surface area contributed by atoms with Gasteiger partial charge >= 0.3 is 6.09 Å². The number of ether oxygens (including phenoxy) is 2. The minimum atomic E-state index is -0.589. The molecular weight excluding hydrogens is 282 g/mol. The van der Waals surface area contributed by atoms with E-state index in [0.717, 1.165) is 12.2 Å². The fourth-order valence-electron chi connectivity index (χ4n) is 2.10. The van der Waals surface area contributed by atoms with Crippen molar-refractivity contribution in [3.8, 4) is 11.8 Å². The van der Waals surface area contributed by atoms with Gasteiger partial charge in [0.2, 0.25) is 0 Å². The van der Waals surface area contributed by atoms with Gasteiger partial charge in [0.1, 0.15) is 18.0 Å². The molecule has 6 heteroatoms. The second kappa shape index (κ2) is 6.56. The molecule has 0 aromatic heterocycles. The minimum absolute atomic E-state index is 0.232. The Bertz CT molecular complexity index is 587. The third-order valence-corrected chi connectivity index (χ3v) is 3.01.